The van der Waals surface area contributed by atoms with Gasteiger partial charge in [-0.15, -0.1) is 11.3 Å². The molecule has 0 bridgehead atoms. The van der Waals surface area contributed by atoms with Crippen LogP contribution in [0.4, 0.5) is 0 Å². The molecule has 2 heterocycles. The fraction of sp³-hybridized carbons (Fsp3) is 0.548. The maximum atomic E-state index is 12.8. The molecule has 1 aliphatic heterocycles. The fourth-order valence-corrected chi connectivity index (χ4v) is 9.87. The molecular formula is C31H37NO6S2. The van der Waals surface area contributed by atoms with Gasteiger partial charge in [0.05, 0.1) is 15.8 Å². The predicted octanol–water partition coefficient (Wildman–Crippen LogP) is 6.51. The van der Waals surface area contributed by atoms with Crippen molar-refractivity contribution in [2.45, 2.75) is 75.5 Å². The maximum absolute atomic E-state index is 12.8. The molecular weight excluding hydrogens is 546 g/mol. The minimum atomic E-state index is -0.537. The Bertz CT molecular complexity index is 1330. The predicted molar refractivity (Wildman–Crippen MR) is 156 cm³/mol. The SMILES string of the molecule is C=C1CCC2[C@](C)(COC(C)=O)[C@H](OC(C)=O)CC[C@]2(C)[C@H]1CC(Sc1nc2ccccc2s1)C1=CCOC1=O. The molecule has 40 heavy (non-hydrogen) atoms. The molecule has 7 nitrogen and oxygen atoms in total. The number of esters is 3. The topological polar surface area (TPSA) is 91.8 Å². The van der Waals surface area contributed by atoms with Crippen LogP contribution in [0.2, 0.25) is 0 Å². The van der Waals surface area contributed by atoms with Gasteiger partial charge in [-0.25, -0.2) is 9.78 Å². The van der Waals surface area contributed by atoms with Crippen LogP contribution < -0.4 is 0 Å². The van der Waals surface area contributed by atoms with E-state index in [0.29, 0.717) is 18.6 Å². The molecule has 0 radical (unpaired) electrons. The van der Waals surface area contributed by atoms with E-state index in [1.165, 1.54) is 19.4 Å². The number of rotatable bonds is 8. The molecule has 9 heteroatoms. The third kappa shape index (κ3) is 5.47. The Balaban J connectivity index is 1.48. The summed E-state index contributed by atoms with van der Waals surface area (Å²) in [7, 11) is 0. The van der Waals surface area contributed by atoms with Crippen LogP contribution in [0.1, 0.15) is 59.8 Å². The molecule has 214 valence electrons. The van der Waals surface area contributed by atoms with Gasteiger partial charge < -0.3 is 14.2 Å². The molecule has 0 amide bonds. The Morgan fingerprint density at radius 3 is 2.67 bits per heavy atom. The number of para-hydroxylation sites is 1. The largest absolute Gasteiger partial charge is 0.465 e. The van der Waals surface area contributed by atoms with Crippen LogP contribution >= 0.6 is 23.1 Å². The smallest absolute Gasteiger partial charge is 0.335 e. The number of aromatic nitrogens is 1. The molecule has 0 spiro atoms. The van der Waals surface area contributed by atoms with E-state index in [9.17, 15) is 14.4 Å². The van der Waals surface area contributed by atoms with E-state index in [2.05, 4.69) is 26.5 Å². The number of hydrogen-bond donors (Lipinski definition) is 0. The summed E-state index contributed by atoms with van der Waals surface area (Å²) in [5, 5.41) is -0.140. The molecule has 1 aromatic carbocycles. The molecule has 1 aromatic heterocycles. The standard InChI is InChI=1S/C31H37NO6S2/c1-18-10-11-26-30(4,14-12-27(38-20(3)34)31(26,5)17-37-19(2)33)22(18)16-25(21-13-15-36-28(21)35)40-29-32-23-8-6-7-9-24(23)39-29/h6-9,13,22,25-27H,1,10-12,14-17H2,2-5H3/t22-,25?,26?,27+,30+,31-/m0/s1. The van der Waals surface area contributed by atoms with Crippen molar-refractivity contribution in [3.05, 3.63) is 48.1 Å². The summed E-state index contributed by atoms with van der Waals surface area (Å²) in [5.41, 5.74) is 2.11. The number of carbonyl (C=O) groups excluding carboxylic acids is 3. The first-order valence-electron chi connectivity index (χ1n) is 13.9. The van der Waals surface area contributed by atoms with E-state index in [1.54, 1.807) is 23.1 Å². The van der Waals surface area contributed by atoms with Gasteiger partial charge in [-0.05, 0) is 67.6 Å². The van der Waals surface area contributed by atoms with E-state index in [1.807, 2.05) is 24.3 Å². The molecule has 2 unspecified atom stereocenters. The first-order chi connectivity index (χ1) is 19.0. The number of fused-ring (bicyclic) bond motifs is 2. The van der Waals surface area contributed by atoms with Crippen LogP contribution in [0.5, 0.6) is 0 Å². The van der Waals surface area contributed by atoms with Gasteiger partial charge in [-0.1, -0.05) is 49.9 Å². The summed E-state index contributed by atoms with van der Waals surface area (Å²) in [5.74, 6) is -0.683. The minimum absolute atomic E-state index is 0.113. The van der Waals surface area contributed by atoms with Gasteiger partial charge in [0.2, 0.25) is 0 Å². The van der Waals surface area contributed by atoms with Gasteiger partial charge in [0.25, 0.3) is 0 Å². The van der Waals surface area contributed by atoms with Crippen molar-refractivity contribution in [2.75, 3.05) is 13.2 Å². The quantitative estimate of drug-likeness (QED) is 0.150. The second-order valence-electron chi connectivity index (χ2n) is 11.8. The van der Waals surface area contributed by atoms with E-state index in [4.69, 9.17) is 19.2 Å². The lowest BCUT2D eigenvalue weighted by Gasteiger charge is -2.60. The van der Waals surface area contributed by atoms with E-state index < -0.39 is 5.41 Å². The summed E-state index contributed by atoms with van der Waals surface area (Å²) in [6, 6.07) is 8.07. The second kappa shape index (κ2) is 11.3. The van der Waals surface area contributed by atoms with Crippen LogP contribution in [-0.4, -0.2) is 47.5 Å². The molecule has 2 aliphatic carbocycles. The zero-order chi connectivity index (χ0) is 28.7. The monoisotopic (exact) mass is 583 g/mol. The van der Waals surface area contributed by atoms with Crippen molar-refractivity contribution >= 4 is 51.2 Å². The summed E-state index contributed by atoms with van der Waals surface area (Å²) in [6.45, 7) is 12.3. The fourth-order valence-electron chi connectivity index (χ4n) is 7.36. The number of thiazole rings is 1. The third-order valence-electron chi connectivity index (χ3n) is 9.28. The lowest BCUT2D eigenvalue weighted by Crippen LogP contribution is -2.59. The average Bonchev–Trinajstić information content (AvgIpc) is 3.51. The molecule has 0 saturated heterocycles. The minimum Gasteiger partial charge on any atom is -0.465 e. The first kappa shape index (κ1) is 28.9. The van der Waals surface area contributed by atoms with Gasteiger partial charge in [-0.3, -0.25) is 9.59 Å². The van der Waals surface area contributed by atoms with Gasteiger partial charge in [0.1, 0.15) is 19.3 Å². The Labute approximate surface area is 243 Å². The zero-order valence-corrected chi connectivity index (χ0v) is 25.2. The van der Waals surface area contributed by atoms with Crippen LogP contribution in [0.3, 0.4) is 0 Å². The highest BCUT2D eigenvalue weighted by molar-refractivity contribution is 8.01. The summed E-state index contributed by atoms with van der Waals surface area (Å²) >= 11 is 3.27. The van der Waals surface area contributed by atoms with Crippen molar-refractivity contribution in [2.24, 2.45) is 22.7 Å². The van der Waals surface area contributed by atoms with E-state index >= 15 is 0 Å². The van der Waals surface area contributed by atoms with Crippen molar-refractivity contribution in [1.82, 2.24) is 4.98 Å². The first-order valence-corrected chi connectivity index (χ1v) is 15.6. The highest BCUT2D eigenvalue weighted by Gasteiger charge is 2.60. The molecule has 2 aromatic rings. The Morgan fingerprint density at radius 1 is 1.23 bits per heavy atom. The Morgan fingerprint density at radius 2 is 2.00 bits per heavy atom. The van der Waals surface area contributed by atoms with Crippen molar-refractivity contribution in [1.29, 1.82) is 0 Å². The molecule has 2 saturated carbocycles. The van der Waals surface area contributed by atoms with Crippen molar-refractivity contribution in [3.63, 3.8) is 0 Å². The Kier molecular flexibility index (Phi) is 8.17. The van der Waals surface area contributed by atoms with Gasteiger partial charge in [0.15, 0.2) is 4.34 Å². The van der Waals surface area contributed by atoms with E-state index in [-0.39, 0.29) is 53.1 Å². The number of hydrogen-bond acceptors (Lipinski definition) is 9. The van der Waals surface area contributed by atoms with Crippen molar-refractivity contribution < 1.29 is 28.6 Å². The van der Waals surface area contributed by atoms with Crippen LogP contribution in [0.25, 0.3) is 10.2 Å². The van der Waals surface area contributed by atoms with Gasteiger partial charge >= 0.3 is 17.9 Å². The molecule has 5 rings (SSSR count). The summed E-state index contributed by atoms with van der Waals surface area (Å²) < 4.78 is 18.8. The number of nitrogens with zero attached hydrogens (tertiary/aromatic N) is 1. The number of cyclic esters (lactones) is 1. The third-order valence-corrected chi connectivity index (χ3v) is 11.7. The normalized spacial score (nSPS) is 30.8. The highest BCUT2D eigenvalue weighted by atomic mass is 32.2. The molecule has 3 aliphatic rings. The van der Waals surface area contributed by atoms with E-state index in [0.717, 1.165) is 40.2 Å². The summed E-state index contributed by atoms with van der Waals surface area (Å²) in [4.78, 5) is 41.6. The maximum Gasteiger partial charge on any atom is 0.335 e. The van der Waals surface area contributed by atoms with Crippen molar-refractivity contribution in [3.8, 4) is 0 Å². The number of allylic oxidation sites excluding steroid dienone is 1. The molecule has 2 fully saturated rings. The highest BCUT2D eigenvalue weighted by Crippen LogP contribution is 2.63. The summed E-state index contributed by atoms with van der Waals surface area (Å²) in [6.07, 6.45) is 5.51. The van der Waals surface area contributed by atoms with Gasteiger partial charge in [0, 0.05) is 24.5 Å². The molecule has 6 atom stereocenters. The van der Waals surface area contributed by atoms with Crippen LogP contribution in [-0.2, 0) is 28.6 Å². The lowest BCUT2D eigenvalue weighted by atomic mass is 9.46. The Hall–Kier alpha value is -2.65. The lowest BCUT2D eigenvalue weighted by molar-refractivity contribution is -0.191. The number of ether oxygens (including phenoxy) is 3. The molecule has 0 N–H and O–H groups in total. The second-order valence-corrected chi connectivity index (χ2v) is 14.3. The number of benzene rings is 1. The zero-order valence-electron chi connectivity index (χ0n) is 23.6. The van der Waals surface area contributed by atoms with Crippen LogP contribution in [0, 0.1) is 22.7 Å². The van der Waals surface area contributed by atoms with Crippen LogP contribution in [0.15, 0.2) is 52.4 Å². The number of thioether (sulfide) groups is 1. The van der Waals surface area contributed by atoms with Gasteiger partial charge in [-0.2, -0.15) is 0 Å². The number of carbonyl (C=O) groups is 3. The average molecular weight is 584 g/mol.